The maximum Gasteiger partial charge on any atom is 0.351 e. The van der Waals surface area contributed by atoms with E-state index in [1.807, 2.05) is 38.7 Å². The molecule has 44 heavy (non-hydrogen) atoms. The van der Waals surface area contributed by atoms with Crippen molar-refractivity contribution < 1.29 is 13.6 Å². The number of aromatic nitrogens is 4. The Balaban J connectivity index is 1.58. The van der Waals surface area contributed by atoms with Gasteiger partial charge in [0, 0.05) is 49.8 Å². The highest BCUT2D eigenvalue weighted by atomic mass is 19.1. The Morgan fingerprint density at radius 3 is 2.70 bits per heavy atom. The second kappa shape index (κ2) is 11.4. The molecule has 0 aliphatic carbocycles. The zero-order valence-corrected chi connectivity index (χ0v) is 25.3. The van der Waals surface area contributed by atoms with Gasteiger partial charge < -0.3 is 15.1 Å². The molecular formula is C33H35F2N7O2. The lowest BCUT2D eigenvalue weighted by molar-refractivity contribution is -0.126. The summed E-state index contributed by atoms with van der Waals surface area (Å²) in [5, 5.41) is 3.51. The number of nitrogens with one attached hydrogen (secondary N) is 1. The first kappa shape index (κ1) is 29.4. The summed E-state index contributed by atoms with van der Waals surface area (Å²) in [6.07, 6.45) is 3.71. The second-order valence-corrected chi connectivity index (χ2v) is 11.8. The van der Waals surface area contributed by atoms with Gasteiger partial charge in [0.2, 0.25) is 5.91 Å². The summed E-state index contributed by atoms with van der Waals surface area (Å²) in [5.74, 6) is -1.14. The molecule has 2 aliphatic heterocycles. The smallest absolute Gasteiger partial charge is 0.351 e. The van der Waals surface area contributed by atoms with Gasteiger partial charge in [0.1, 0.15) is 23.0 Å². The molecule has 9 nitrogen and oxygen atoms in total. The Labute approximate surface area is 254 Å². The molecule has 5 heterocycles. The number of hydrogen-bond acceptors (Lipinski definition) is 7. The molecule has 0 radical (unpaired) electrons. The van der Waals surface area contributed by atoms with Crippen molar-refractivity contribution >= 4 is 28.4 Å². The molecule has 1 atom stereocenters. The Hall–Kier alpha value is -4.67. The Kier molecular flexibility index (Phi) is 7.65. The van der Waals surface area contributed by atoms with Crippen molar-refractivity contribution in [2.45, 2.75) is 52.6 Å². The van der Waals surface area contributed by atoms with E-state index < -0.39 is 17.3 Å². The lowest BCUT2D eigenvalue weighted by atomic mass is 9.99. The predicted molar refractivity (Wildman–Crippen MR) is 167 cm³/mol. The third-order valence-corrected chi connectivity index (χ3v) is 8.63. The first-order chi connectivity index (χ1) is 21.1. The van der Waals surface area contributed by atoms with Gasteiger partial charge in [0.05, 0.1) is 17.5 Å². The molecule has 0 unspecified atom stereocenters. The Morgan fingerprint density at radius 2 is 1.98 bits per heavy atom. The van der Waals surface area contributed by atoms with Gasteiger partial charge in [0.15, 0.2) is 5.82 Å². The van der Waals surface area contributed by atoms with Gasteiger partial charge in [0.25, 0.3) is 0 Å². The minimum Gasteiger partial charge on any atom is -0.384 e. The van der Waals surface area contributed by atoms with Crippen molar-refractivity contribution in [3.8, 4) is 11.3 Å². The average molecular weight is 600 g/mol. The number of piperazine rings is 1. The van der Waals surface area contributed by atoms with Crippen LogP contribution in [0.4, 0.5) is 20.3 Å². The van der Waals surface area contributed by atoms with E-state index in [4.69, 9.17) is 4.98 Å². The van der Waals surface area contributed by atoms with E-state index in [-0.39, 0.29) is 47.1 Å². The number of halogens is 2. The fraction of sp³-hybridized carbons (Fsp3) is 0.364. The molecule has 1 saturated heterocycles. The van der Waals surface area contributed by atoms with E-state index in [2.05, 4.69) is 21.9 Å². The minimum atomic E-state index is -0.722. The maximum absolute atomic E-state index is 16.1. The van der Waals surface area contributed by atoms with E-state index in [0.29, 0.717) is 43.7 Å². The fourth-order valence-corrected chi connectivity index (χ4v) is 6.35. The summed E-state index contributed by atoms with van der Waals surface area (Å²) < 4.78 is 33.0. The normalized spacial score (nSPS) is 16.4. The molecule has 1 aromatic carbocycles. The summed E-state index contributed by atoms with van der Waals surface area (Å²) in [6, 6.07) is 5.98. The topological polar surface area (TPSA) is 96.3 Å². The molecule has 228 valence electrons. The van der Waals surface area contributed by atoms with Gasteiger partial charge in [-0.1, -0.05) is 26.5 Å². The van der Waals surface area contributed by atoms with Crippen molar-refractivity contribution in [3.63, 3.8) is 0 Å². The molecule has 0 spiro atoms. The van der Waals surface area contributed by atoms with E-state index in [1.54, 1.807) is 17.2 Å². The molecule has 1 amide bonds. The predicted octanol–water partition coefficient (Wildman–Crippen LogP) is 4.80. The van der Waals surface area contributed by atoms with Gasteiger partial charge in [-0.25, -0.2) is 18.6 Å². The molecule has 3 aromatic heterocycles. The molecule has 0 saturated carbocycles. The quantitative estimate of drug-likeness (QED) is 0.318. The van der Waals surface area contributed by atoms with E-state index in [0.717, 1.165) is 22.4 Å². The van der Waals surface area contributed by atoms with Crippen molar-refractivity contribution in [1.29, 1.82) is 0 Å². The molecule has 6 rings (SSSR count). The van der Waals surface area contributed by atoms with Crippen LogP contribution in [0.1, 0.15) is 49.1 Å². The molecule has 2 aliphatic rings. The molecule has 4 aromatic rings. The first-order valence-electron chi connectivity index (χ1n) is 14.9. The highest BCUT2D eigenvalue weighted by Crippen LogP contribution is 2.39. The van der Waals surface area contributed by atoms with Crippen LogP contribution in [-0.4, -0.2) is 62.5 Å². The van der Waals surface area contributed by atoms with Crippen LogP contribution < -0.4 is 15.9 Å². The number of rotatable bonds is 6. The number of benzene rings is 1. The number of fused-ring (bicyclic) bond motifs is 2. The minimum absolute atomic E-state index is 0.0436. The Morgan fingerprint density at radius 1 is 1.18 bits per heavy atom. The highest BCUT2D eigenvalue weighted by Gasteiger charge is 2.31. The van der Waals surface area contributed by atoms with Gasteiger partial charge in [-0.15, -0.1) is 0 Å². The van der Waals surface area contributed by atoms with E-state index >= 15 is 8.78 Å². The van der Waals surface area contributed by atoms with Gasteiger partial charge >= 0.3 is 5.69 Å². The largest absolute Gasteiger partial charge is 0.384 e. The molecule has 0 bridgehead atoms. The van der Waals surface area contributed by atoms with Crippen molar-refractivity contribution in [2.24, 2.45) is 0 Å². The number of carbonyl (C=O) groups is 1. The van der Waals surface area contributed by atoms with Crippen LogP contribution in [0.2, 0.25) is 0 Å². The number of anilines is 2. The zero-order valence-electron chi connectivity index (χ0n) is 25.3. The molecule has 1 N–H and O–H groups in total. The molecule has 1 fully saturated rings. The highest BCUT2D eigenvalue weighted by molar-refractivity contribution is 5.92. The number of aryl methyl sites for hydroxylation is 1. The summed E-state index contributed by atoms with van der Waals surface area (Å²) in [6.45, 7) is 13.4. The van der Waals surface area contributed by atoms with Gasteiger partial charge in [-0.05, 0) is 67.2 Å². The second-order valence-electron chi connectivity index (χ2n) is 11.8. The van der Waals surface area contributed by atoms with Crippen LogP contribution in [0, 0.1) is 18.6 Å². The van der Waals surface area contributed by atoms with Gasteiger partial charge in [-0.3, -0.25) is 14.3 Å². The van der Waals surface area contributed by atoms with Crippen molar-refractivity contribution in [1.82, 2.24) is 24.4 Å². The maximum atomic E-state index is 16.1. The fourth-order valence-electron chi connectivity index (χ4n) is 6.35. The number of carbonyl (C=O) groups excluding carboxylic acids is 1. The average Bonchev–Trinajstić information content (AvgIpc) is 3.47. The van der Waals surface area contributed by atoms with Crippen molar-refractivity contribution in [2.75, 3.05) is 36.4 Å². The van der Waals surface area contributed by atoms with Crippen LogP contribution in [0.25, 0.3) is 22.3 Å². The van der Waals surface area contributed by atoms with E-state index in [9.17, 15) is 9.59 Å². The lowest BCUT2D eigenvalue weighted by Crippen LogP contribution is -2.54. The monoisotopic (exact) mass is 599 g/mol. The van der Waals surface area contributed by atoms with Crippen LogP contribution in [0.5, 0.6) is 0 Å². The number of hydrogen-bond donors (Lipinski definition) is 1. The summed E-state index contributed by atoms with van der Waals surface area (Å²) in [5.41, 5.74) is 3.53. The van der Waals surface area contributed by atoms with Crippen molar-refractivity contribution in [3.05, 3.63) is 87.6 Å². The lowest BCUT2D eigenvalue weighted by Gasteiger charge is -2.40. The Bertz CT molecular complexity index is 1870. The van der Waals surface area contributed by atoms with E-state index in [1.165, 1.54) is 22.8 Å². The van der Waals surface area contributed by atoms with Crippen LogP contribution in [0.3, 0.4) is 0 Å². The van der Waals surface area contributed by atoms with Crippen LogP contribution in [-0.2, 0) is 17.8 Å². The summed E-state index contributed by atoms with van der Waals surface area (Å²) in [4.78, 5) is 43.6. The third kappa shape index (κ3) is 4.99. The SMILES string of the molecule is C=CC(=O)N1CCN(c2nc(=O)n(Cc3c(C)ccnc3C(C)C)c3nc(-c4c(F)ccc5c4NCC5)c(F)cc23)[C@@H](C)C1. The summed E-state index contributed by atoms with van der Waals surface area (Å²) in [7, 11) is 0. The van der Waals surface area contributed by atoms with Crippen LogP contribution in [0.15, 0.2) is 47.9 Å². The number of amides is 1. The molecule has 11 heteroatoms. The third-order valence-electron chi connectivity index (χ3n) is 8.63. The van der Waals surface area contributed by atoms with Crippen LogP contribution >= 0.6 is 0 Å². The first-order valence-corrected chi connectivity index (χ1v) is 14.9. The number of nitrogens with zero attached hydrogens (tertiary/aromatic N) is 6. The zero-order chi connectivity index (χ0) is 31.3. The standard InChI is InChI=1S/C33H35F2N7O2/c1-6-26(43)40-13-14-41(20(5)16-40)32-22-15-25(35)30(27-24(34)8-7-21-10-12-37-29(21)27)38-31(22)42(33(44)39-32)17-23-19(4)9-11-36-28(23)18(2)3/h6-9,11,15,18,20,37H,1,10,12-14,16-17H2,2-5H3/t20-/m0/s1. The number of pyridine rings is 2. The van der Waals surface area contributed by atoms with Gasteiger partial charge in [-0.2, -0.15) is 4.98 Å². The molecular weight excluding hydrogens is 564 g/mol. The summed E-state index contributed by atoms with van der Waals surface area (Å²) >= 11 is 0.